The number of ether oxygens (including phenoxy) is 2. The van der Waals surface area contributed by atoms with Crippen molar-refractivity contribution in [1.82, 2.24) is 15.8 Å². The maximum absolute atomic E-state index is 12.9. The molecule has 2 saturated heterocycles. The van der Waals surface area contributed by atoms with Crippen molar-refractivity contribution in [2.45, 2.75) is 43.8 Å². The third-order valence-electron chi connectivity index (χ3n) is 4.97. The summed E-state index contributed by atoms with van der Waals surface area (Å²) in [6, 6.07) is 8.10. The van der Waals surface area contributed by atoms with Crippen molar-refractivity contribution >= 4 is 5.91 Å². The van der Waals surface area contributed by atoms with Gasteiger partial charge in [0.05, 0.1) is 19.8 Å². The third-order valence-corrected chi connectivity index (χ3v) is 4.97. The Kier molecular flexibility index (Phi) is 5.71. The monoisotopic (exact) mass is 333 g/mol. The number of benzene rings is 1. The molecule has 2 aliphatic rings. The minimum atomic E-state index is -0.196. The summed E-state index contributed by atoms with van der Waals surface area (Å²) >= 11 is 0. The zero-order valence-corrected chi connectivity index (χ0v) is 14.5. The molecule has 2 heterocycles. The highest BCUT2D eigenvalue weighted by atomic mass is 16.5. The number of hydrogen-bond acceptors (Lipinski definition) is 5. The predicted octanol–water partition coefficient (Wildman–Crippen LogP) is 1.63. The molecule has 1 amide bonds. The Morgan fingerprint density at radius 1 is 1.29 bits per heavy atom. The lowest BCUT2D eigenvalue weighted by Gasteiger charge is -2.36. The van der Waals surface area contributed by atoms with Crippen molar-refractivity contribution in [3.05, 3.63) is 29.8 Å². The Labute approximate surface area is 143 Å². The average molecular weight is 333 g/mol. The standard InChI is InChI=1S/C18H27N3O3/c1-23-12-14-7-3-4-9-21(14)18(22)17-11-16(19-20-17)13-6-5-8-15(10-13)24-2/h5-6,8,10,14,16-17,19-20H,3-4,7,9,11-12H2,1-2H3. The molecular weight excluding hydrogens is 306 g/mol. The smallest absolute Gasteiger partial charge is 0.241 e. The lowest BCUT2D eigenvalue weighted by Crippen LogP contribution is -2.52. The van der Waals surface area contributed by atoms with Crippen LogP contribution in [0.25, 0.3) is 0 Å². The second kappa shape index (κ2) is 7.96. The number of amides is 1. The van der Waals surface area contributed by atoms with E-state index >= 15 is 0 Å². The maximum Gasteiger partial charge on any atom is 0.241 e. The van der Waals surface area contributed by atoms with E-state index in [9.17, 15) is 4.79 Å². The van der Waals surface area contributed by atoms with Crippen LogP contribution < -0.4 is 15.6 Å². The van der Waals surface area contributed by atoms with Crippen LogP contribution in [-0.2, 0) is 9.53 Å². The highest BCUT2D eigenvalue weighted by Crippen LogP contribution is 2.27. The second-order valence-electron chi connectivity index (χ2n) is 6.54. The van der Waals surface area contributed by atoms with Gasteiger partial charge in [-0.25, -0.2) is 10.9 Å². The van der Waals surface area contributed by atoms with Gasteiger partial charge in [-0.15, -0.1) is 0 Å². The first-order valence-corrected chi connectivity index (χ1v) is 8.67. The van der Waals surface area contributed by atoms with Crippen LogP contribution in [0.4, 0.5) is 0 Å². The summed E-state index contributed by atoms with van der Waals surface area (Å²) in [7, 11) is 3.36. The van der Waals surface area contributed by atoms with E-state index in [1.807, 2.05) is 23.1 Å². The van der Waals surface area contributed by atoms with Gasteiger partial charge in [0.15, 0.2) is 0 Å². The Balaban J connectivity index is 1.64. The van der Waals surface area contributed by atoms with E-state index in [2.05, 4.69) is 16.9 Å². The number of nitrogens with one attached hydrogen (secondary N) is 2. The number of carbonyl (C=O) groups excluding carboxylic acids is 1. The molecule has 3 rings (SSSR count). The summed E-state index contributed by atoms with van der Waals surface area (Å²) in [5.41, 5.74) is 7.57. The molecule has 0 aromatic heterocycles. The van der Waals surface area contributed by atoms with Crippen LogP contribution in [0, 0.1) is 0 Å². The van der Waals surface area contributed by atoms with Gasteiger partial charge in [-0.3, -0.25) is 4.79 Å². The van der Waals surface area contributed by atoms with E-state index in [0.29, 0.717) is 6.61 Å². The van der Waals surface area contributed by atoms with Crippen molar-refractivity contribution in [3.8, 4) is 5.75 Å². The fourth-order valence-corrected chi connectivity index (χ4v) is 3.65. The highest BCUT2D eigenvalue weighted by molar-refractivity contribution is 5.82. The first-order chi connectivity index (χ1) is 11.7. The van der Waals surface area contributed by atoms with Crippen molar-refractivity contribution in [2.75, 3.05) is 27.4 Å². The van der Waals surface area contributed by atoms with Gasteiger partial charge in [-0.2, -0.15) is 0 Å². The molecule has 1 aromatic carbocycles. The lowest BCUT2D eigenvalue weighted by molar-refractivity contribution is -0.138. The summed E-state index contributed by atoms with van der Waals surface area (Å²) in [4.78, 5) is 14.9. The molecule has 3 unspecified atom stereocenters. The molecule has 0 radical (unpaired) electrons. The van der Waals surface area contributed by atoms with Gasteiger partial charge in [0, 0.05) is 19.7 Å². The topological polar surface area (TPSA) is 62.8 Å². The van der Waals surface area contributed by atoms with Crippen LogP contribution >= 0.6 is 0 Å². The van der Waals surface area contributed by atoms with E-state index in [1.54, 1.807) is 14.2 Å². The fourth-order valence-electron chi connectivity index (χ4n) is 3.65. The number of nitrogens with zero attached hydrogens (tertiary/aromatic N) is 1. The molecule has 2 fully saturated rings. The summed E-state index contributed by atoms with van der Waals surface area (Å²) in [5, 5.41) is 0. The molecule has 1 aromatic rings. The largest absolute Gasteiger partial charge is 0.497 e. The quantitative estimate of drug-likeness (QED) is 0.857. The van der Waals surface area contributed by atoms with Gasteiger partial charge in [-0.05, 0) is 43.4 Å². The second-order valence-corrected chi connectivity index (χ2v) is 6.54. The maximum atomic E-state index is 12.9. The molecule has 0 aliphatic carbocycles. The van der Waals surface area contributed by atoms with Crippen molar-refractivity contribution in [3.63, 3.8) is 0 Å². The Morgan fingerprint density at radius 3 is 2.96 bits per heavy atom. The van der Waals surface area contributed by atoms with Crippen LogP contribution in [-0.4, -0.2) is 50.3 Å². The summed E-state index contributed by atoms with van der Waals surface area (Å²) < 4.78 is 10.6. The molecular formula is C18H27N3O3. The third kappa shape index (κ3) is 3.71. The van der Waals surface area contributed by atoms with Crippen molar-refractivity contribution < 1.29 is 14.3 Å². The lowest BCUT2D eigenvalue weighted by atomic mass is 9.98. The van der Waals surface area contributed by atoms with Crippen LogP contribution in [0.5, 0.6) is 5.75 Å². The number of methoxy groups -OCH3 is 2. The molecule has 0 spiro atoms. The Bertz CT molecular complexity index is 564. The fraction of sp³-hybridized carbons (Fsp3) is 0.611. The van der Waals surface area contributed by atoms with Crippen LogP contribution in [0.15, 0.2) is 24.3 Å². The van der Waals surface area contributed by atoms with Crippen LogP contribution in [0.3, 0.4) is 0 Å². The van der Waals surface area contributed by atoms with E-state index in [-0.39, 0.29) is 24.0 Å². The number of hydrogen-bond donors (Lipinski definition) is 2. The molecule has 3 atom stereocenters. The minimum Gasteiger partial charge on any atom is -0.497 e. The summed E-state index contributed by atoms with van der Waals surface area (Å²) in [6.07, 6.45) is 4.01. The SMILES string of the molecule is COCC1CCCCN1C(=O)C1CC(c2cccc(OC)c2)NN1. The molecule has 24 heavy (non-hydrogen) atoms. The first kappa shape index (κ1) is 17.2. The van der Waals surface area contributed by atoms with Crippen LogP contribution in [0.1, 0.15) is 37.3 Å². The van der Waals surface area contributed by atoms with E-state index in [0.717, 1.165) is 37.1 Å². The Hall–Kier alpha value is -1.63. The summed E-state index contributed by atoms with van der Waals surface area (Å²) in [6.45, 7) is 1.44. The van der Waals surface area contributed by atoms with Gasteiger partial charge in [0.1, 0.15) is 11.8 Å². The van der Waals surface area contributed by atoms with Crippen molar-refractivity contribution in [2.24, 2.45) is 0 Å². The van der Waals surface area contributed by atoms with E-state index in [4.69, 9.17) is 9.47 Å². The molecule has 6 heteroatoms. The van der Waals surface area contributed by atoms with Gasteiger partial charge in [0.25, 0.3) is 0 Å². The number of carbonyl (C=O) groups is 1. The highest BCUT2D eigenvalue weighted by Gasteiger charge is 2.36. The molecule has 0 bridgehead atoms. The zero-order chi connectivity index (χ0) is 16.9. The Morgan fingerprint density at radius 2 is 2.17 bits per heavy atom. The normalized spacial score (nSPS) is 27.2. The number of rotatable bonds is 5. The van der Waals surface area contributed by atoms with E-state index < -0.39 is 0 Å². The first-order valence-electron chi connectivity index (χ1n) is 8.67. The predicted molar refractivity (Wildman–Crippen MR) is 91.6 cm³/mol. The van der Waals surface area contributed by atoms with Gasteiger partial charge >= 0.3 is 0 Å². The van der Waals surface area contributed by atoms with E-state index in [1.165, 1.54) is 6.42 Å². The van der Waals surface area contributed by atoms with Gasteiger partial charge < -0.3 is 14.4 Å². The van der Waals surface area contributed by atoms with Gasteiger partial charge in [0.2, 0.25) is 5.91 Å². The summed E-state index contributed by atoms with van der Waals surface area (Å²) in [5.74, 6) is 1.01. The van der Waals surface area contributed by atoms with Crippen LogP contribution in [0.2, 0.25) is 0 Å². The zero-order valence-electron chi connectivity index (χ0n) is 14.5. The minimum absolute atomic E-state index is 0.111. The number of piperidine rings is 1. The molecule has 6 nitrogen and oxygen atoms in total. The molecule has 132 valence electrons. The van der Waals surface area contributed by atoms with Crippen molar-refractivity contribution in [1.29, 1.82) is 0 Å². The molecule has 2 aliphatic heterocycles. The number of likely N-dealkylation sites (tertiary alicyclic amines) is 1. The van der Waals surface area contributed by atoms with Gasteiger partial charge in [-0.1, -0.05) is 12.1 Å². The molecule has 2 N–H and O–H groups in total. The average Bonchev–Trinajstić information content (AvgIpc) is 3.12. The molecule has 0 saturated carbocycles. The number of hydrazine groups is 1.